The minimum Gasteiger partial charge on any atom is -0.383 e. The molecular formula is C19H18Cl2N4O3. The molecule has 3 aromatic rings. The van der Waals surface area contributed by atoms with Gasteiger partial charge >= 0.3 is 6.03 Å². The SMILES string of the molecule is COCCNC(=O)Nc1ccc2ncn(Cc3ccc(Cl)c(Cl)c3)c(=O)c2c1. The lowest BCUT2D eigenvalue weighted by molar-refractivity contribution is 0.198. The van der Waals surface area contributed by atoms with Crippen molar-refractivity contribution in [3.05, 3.63) is 68.7 Å². The van der Waals surface area contributed by atoms with E-state index >= 15 is 0 Å². The van der Waals surface area contributed by atoms with E-state index in [0.29, 0.717) is 46.3 Å². The van der Waals surface area contributed by atoms with E-state index in [9.17, 15) is 9.59 Å². The first-order valence-electron chi connectivity index (χ1n) is 8.45. The summed E-state index contributed by atoms with van der Waals surface area (Å²) in [4.78, 5) is 29.0. The largest absolute Gasteiger partial charge is 0.383 e. The summed E-state index contributed by atoms with van der Waals surface area (Å²) in [6.45, 7) is 1.09. The number of nitrogens with one attached hydrogen (secondary N) is 2. The van der Waals surface area contributed by atoms with Gasteiger partial charge in [0.15, 0.2) is 0 Å². The third-order valence-electron chi connectivity index (χ3n) is 4.01. The molecule has 146 valence electrons. The summed E-state index contributed by atoms with van der Waals surface area (Å²) in [6.07, 6.45) is 1.48. The third-order valence-corrected chi connectivity index (χ3v) is 4.75. The molecule has 2 aromatic carbocycles. The van der Waals surface area contributed by atoms with Crippen LogP contribution in [0.3, 0.4) is 0 Å². The molecule has 0 spiro atoms. The third kappa shape index (κ3) is 4.81. The molecule has 3 rings (SSSR count). The van der Waals surface area contributed by atoms with Crippen LogP contribution in [0.2, 0.25) is 10.0 Å². The summed E-state index contributed by atoms with van der Waals surface area (Å²) < 4.78 is 6.36. The van der Waals surface area contributed by atoms with E-state index in [0.717, 1.165) is 5.56 Å². The number of hydrogen-bond donors (Lipinski definition) is 2. The number of hydrogen-bond acceptors (Lipinski definition) is 4. The predicted octanol–water partition coefficient (Wildman–Crippen LogP) is 3.52. The molecule has 1 aromatic heterocycles. The van der Waals surface area contributed by atoms with Gasteiger partial charge in [-0.3, -0.25) is 9.36 Å². The van der Waals surface area contributed by atoms with Gasteiger partial charge in [-0.15, -0.1) is 0 Å². The van der Waals surface area contributed by atoms with Crippen LogP contribution in [0.4, 0.5) is 10.5 Å². The van der Waals surface area contributed by atoms with Crippen LogP contribution in [0.25, 0.3) is 10.9 Å². The Morgan fingerprint density at radius 3 is 2.75 bits per heavy atom. The maximum Gasteiger partial charge on any atom is 0.319 e. The predicted molar refractivity (Wildman–Crippen MR) is 110 cm³/mol. The van der Waals surface area contributed by atoms with Gasteiger partial charge in [0.1, 0.15) is 0 Å². The number of ether oxygens (including phenoxy) is 1. The van der Waals surface area contributed by atoms with Gasteiger partial charge in [0.25, 0.3) is 5.56 Å². The van der Waals surface area contributed by atoms with Gasteiger partial charge in [0.2, 0.25) is 0 Å². The molecule has 0 atom stereocenters. The zero-order valence-corrected chi connectivity index (χ0v) is 16.5. The Morgan fingerprint density at radius 1 is 1.18 bits per heavy atom. The van der Waals surface area contributed by atoms with E-state index < -0.39 is 0 Å². The Morgan fingerprint density at radius 2 is 2.00 bits per heavy atom. The zero-order chi connectivity index (χ0) is 20.1. The number of carbonyl (C=O) groups excluding carboxylic acids is 1. The smallest absolute Gasteiger partial charge is 0.319 e. The number of rotatable bonds is 6. The fourth-order valence-electron chi connectivity index (χ4n) is 2.63. The second kappa shape index (κ2) is 9.05. The van der Waals surface area contributed by atoms with Gasteiger partial charge in [0.05, 0.1) is 40.4 Å². The van der Waals surface area contributed by atoms with Crippen molar-refractivity contribution in [2.45, 2.75) is 6.54 Å². The number of nitrogens with zero attached hydrogens (tertiary/aromatic N) is 2. The highest BCUT2D eigenvalue weighted by Gasteiger charge is 2.08. The van der Waals surface area contributed by atoms with Crippen molar-refractivity contribution < 1.29 is 9.53 Å². The molecule has 7 nitrogen and oxygen atoms in total. The van der Waals surface area contributed by atoms with Crippen LogP contribution >= 0.6 is 23.2 Å². The summed E-state index contributed by atoms with van der Waals surface area (Å²) in [5, 5.41) is 6.62. The number of anilines is 1. The molecular weight excluding hydrogens is 403 g/mol. The lowest BCUT2D eigenvalue weighted by Crippen LogP contribution is -2.31. The van der Waals surface area contributed by atoms with Gasteiger partial charge in [0, 0.05) is 19.3 Å². The summed E-state index contributed by atoms with van der Waals surface area (Å²) in [6, 6.07) is 9.79. The molecule has 1 heterocycles. The van der Waals surface area contributed by atoms with Crippen LogP contribution in [0.15, 0.2) is 47.5 Å². The maximum absolute atomic E-state index is 12.9. The normalized spacial score (nSPS) is 10.8. The van der Waals surface area contributed by atoms with Crippen molar-refractivity contribution in [1.82, 2.24) is 14.9 Å². The van der Waals surface area contributed by atoms with E-state index in [-0.39, 0.29) is 11.6 Å². The molecule has 0 saturated carbocycles. The first-order chi connectivity index (χ1) is 13.5. The fraction of sp³-hybridized carbons (Fsp3) is 0.211. The molecule has 2 amide bonds. The molecule has 0 unspecified atom stereocenters. The van der Waals surface area contributed by atoms with E-state index in [2.05, 4.69) is 15.6 Å². The van der Waals surface area contributed by atoms with Crippen LogP contribution < -0.4 is 16.2 Å². The summed E-state index contributed by atoms with van der Waals surface area (Å²) in [7, 11) is 1.55. The molecule has 0 aliphatic carbocycles. The standard InChI is InChI=1S/C19H18Cl2N4O3/c1-28-7-6-22-19(27)24-13-3-5-17-14(9-13)18(26)25(11-23-17)10-12-2-4-15(20)16(21)8-12/h2-5,8-9,11H,6-7,10H2,1H3,(H2,22,24,27). The van der Waals surface area contributed by atoms with Crippen molar-refractivity contribution in [2.24, 2.45) is 0 Å². The molecule has 0 saturated heterocycles. The molecule has 2 N–H and O–H groups in total. The first-order valence-corrected chi connectivity index (χ1v) is 9.20. The first kappa shape index (κ1) is 20.1. The Balaban J connectivity index is 1.84. The maximum atomic E-state index is 12.9. The van der Waals surface area contributed by atoms with E-state index in [4.69, 9.17) is 27.9 Å². The number of fused-ring (bicyclic) bond motifs is 1. The van der Waals surface area contributed by atoms with Gasteiger partial charge in [-0.25, -0.2) is 9.78 Å². The average Bonchev–Trinajstić information content (AvgIpc) is 2.67. The topological polar surface area (TPSA) is 85.2 Å². The number of carbonyl (C=O) groups is 1. The van der Waals surface area contributed by atoms with Crippen molar-refractivity contribution in [3.8, 4) is 0 Å². The molecule has 9 heteroatoms. The van der Waals surface area contributed by atoms with E-state index in [1.54, 1.807) is 43.5 Å². The second-order valence-electron chi connectivity index (χ2n) is 6.03. The Kier molecular flexibility index (Phi) is 6.51. The second-order valence-corrected chi connectivity index (χ2v) is 6.85. The lowest BCUT2D eigenvalue weighted by Gasteiger charge is -2.10. The summed E-state index contributed by atoms with van der Waals surface area (Å²) in [5.41, 5.74) is 1.64. The van der Waals surface area contributed by atoms with Crippen molar-refractivity contribution >= 4 is 45.8 Å². The van der Waals surface area contributed by atoms with Crippen molar-refractivity contribution in [3.63, 3.8) is 0 Å². The van der Waals surface area contributed by atoms with Crippen LogP contribution in [0, 0.1) is 0 Å². The van der Waals surface area contributed by atoms with Gasteiger partial charge in [-0.2, -0.15) is 0 Å². The number of urea groups is 1. The van der Waals surface area contributed by atoms with Gasteiger partial charge in [-0.1, -0.05) is 29.3 Å². The highest BCUT2D eigenvalue weighted by Crippen LogP contribution is 2.23. The molecule has 28 heavy (non-hydrogen) atoms. The monoisotopic (exact) mass is 420 g/mol. The Labute approximate surface area is 171 Å². The number of halogens is 2. The van der Waals surface area contributed by atoms with E-state index in [1.165, 1.54) is 10.9 Å². The highest BCUT2D eigenvalue weighted by molar-refractivity contribution is 6.42. The average molecular weight is 421 g/mol. The number of methoxy groups -OCH3 is 1. The number of benzene rings is 2. The van der Waals surface area contributed by atoms with Crippen LogP contribution in [-0.2, 0) is 11.3 Å². The quantitative estimate of drug-likeness (QED) is 0.597. The molecule has 0 radical (unpaired) electrons. The summed E-state index contributed by atoms with van der Waals surface area (Å²) >= 11 is 12.0. The van der Waals surface area contributed by atoms with Crippen LogP contribution in [0.5, 0.6) is 0 Å². The Bertz CT molecular complexity index is 1070. The van der Waals surface area contributed by atoms with Crippen molar-refractivity contribution in [2.75, 3.05) is 25.6 Å². The van der Waals surface area contributed by atoms with Gasteiger partial charge in [-0.05, 0) is 35.9 Å². The minimum absolute atomic E-state index is 0.223. The minimum atomic E-state index is -0.378. The molecule has 0 fully saturated rings. The number of aromatic nitrogens is 2. The fourth-order valence-corrected chi connectivity index (χ4v) is 2.95. The van der Waals surface area contributed by atoms with Crippen molar-refractivity contribution in [1.29, 1.82) is 0 Å². The Hall–Kier alpha value is -2.61. The molecule has 0 bridgehead atoms. The highest BCUT2D eigenvalue weighted by atomic mass is 35.5. The number of amides is 2. The van der Waals surface area contributed by atoms with E-state index in [1.807, 2.05) is 0 Å². The zero-order valence-electron chi connectivity index (χ0n) is 15.0. The van der Waals surface area contributed by atoms with Crippen LogP contribution in [-0.4, -0.2) is 35.8 Å². The lowest BCUT2D eigenvalue weighted by atomic mass is 10.2. The summed E-state index contributed by atoms with van der Waals surface area (Å²) in [5.74, 6) is 0. The van der Waals surface area contributed by atoms with Crippen LogP contribution in [0.1, 0.15) is 5.56 Å². The molecule has 0 aliphatic heterocycles. The van der Waals surface area contributed by atoms with Gasteiger partial charge < -0.3 is 15.4 Å². The molecule has 0 aliphatic rings.